The number of aryl methyl sites for hydroxylation is 1. The van der Waals surface area contributed by atoms with Crippen LogP contribution in [0.2, 0.25) is 0 Å². The summed E-state index contributed by atoms with van der Waals surface area (Å²) in [5, 5.41) is 0. The summed E-state index contributed by atoms with van der Waals surface area (Å²) < 4.78 is 230. The molecule has 0 bridgehead atoms. The van der Waals surface area contributed by atoms with Crippen LogP contribution in [0.1, 0.15) is 61.6 Å². The third-order valence-corrected chi connectivity index (χ3v) is 9.69. The Labute approximate surface area is 249 Å². The molecular weight excluding hydrogens is 675 g/mol. The zero-order valence-electron chi connectivity index (χ0n) is 23.2. The van der Waals surface area contributed by atoms with Gasteiger partial charge in [-0.25, -0.2) is 0 Å². The molecule has 3 aliphatic rings. The van der Waals surface area contributed by atoms with Gasteiger partial charge in [-0.15, -0.1) is 0 Å². The number of Topliss-reactive ketones (excluding diaryl/α,β-unsaturated/α-hetero) is 1. The van der Waals surface area contributed by atoms with Gasteiger partial charge in [0.05, 0.1) is 0 Å². The van der Waals surface area contributed by atoms with Crippen LogP contribution in [0.3, 0.4) is 0 Å². The first-order valence-electron chi connectivity index (χ1n) is 13.6. The average Bonchev–Trinajstić information content (AvgIpc) is 3.24. The summed E-state index contributed by atoms with van der Waals surface area (Å²) in [6, 6.07) is 3.64. The van der Waals surface area contributed by atoms with Gasteiger partial charge in [0.1, 0.15) is 5.78 Å². The number of fused-ring (bicyclic) bond motifs is 5. The third-order valence-electron chi connectivity index (χ3n) is 9.69. The maximum atomic E-state index is 14.3. The molecule has 4 unspecified atom stereocenters. The highest BCUT2D eigenvalue weighted by Crippen LogP contribution is 2.64. The van der Waals surface area contributed by atoms with Crippen LogP contribution in [0, 0.1) is 17.3 Å². The van der Waals surface area contributed by atoms with Crippen molar-refractivity contribution in [1.82, 2.24) is 0 Å². The van der Waals surface area contributed by atoms with Crippen molar-refractivity contribution in [3.8, 4) is 0 Å². The van der Waals surface area contributed by atoms with Crippen molar-refractivity contribution in [1.29, 1.82) is 0 Å². The SMILES string of the molecule is CC12CCC3c4ccc(/C=C\C(F)(F)C(F)(F)C(F)(F)C(F)(F)C(F)(F)C(F)(F)C(F)(F)C(F)(F)F)cc4CCC3C1CCC2=O. The topological polar surface area (TPSA) is 17.1 Å². The summed E-state index contributed by atoms with van der Waals surface area (Å²) in [7, 11) is 0. The summed E-state index contributed by atoms with van der Waals surface area (Å²) >= 11 is 0. The fourth-order valence-corrected chi connectivity index (χ4v) is 6.96. The molecule has 1 aromatic rings. The van der Waals surface area contributed by atoms with E-state index in [0.29, 0.717) is 44.1 Å². The number of carbonyl (C=O) groups is 1. The van der Waals surface area contributed by atoms with Crippen LogP contribution < -0.4 is 0 Å². The van der Waals surface area contributed by atoms with Gasteiger partial charge in [0.2, 0.25) is 0 Å². The molecule has 0 amide bonds. The highest BCUT2D eigenvalue weighted by molar-refractivity contribution is 5.87. The standard InChI is InChI=1S/C28H23F17O/c1-20-10-9-16-15-4-2-13(12-14(15)3-5-17(16)18(20)6-7-19(20)46)8-11-21(29,30)22(31,32)23(33,34)24(35,36)25(37,38)26(39,40)27(41,42)28(43,44)45/h2,4,8,11-12,16-18H,3,5-7,9-10H2,1H3/b11-8-. The van der Waals surface area contributed by atoms with Crippen molar-refractivity contribution in [2.75, 3.05) is 0 Å². The number of rotatable bonds is 8. The number of allylic oxidation sites excluding steroid dienone is 1. The predicted octanol–water partition coefficient (Wildman–Crippen LogP) is 10.1. The van der Waals surface area contributed by atoms with E-state index in [1.165, 1.54) is 12.1 Å². The van der Waals surface area contributed by atoms with Crippen molar-refractivity contribution in [3.63, 3.8) is 0 Å². The maximum Gasteiger partial charge on any atom is 0.460 e. The minimum absolute atomic E-state index is 0.00658. The van der Waals surface area contributed by atoms with Crippen LogP contribution in [0.15, 0.2) is 24.3 Å². The number of benzene rings is 1. The van der Waals surface area contributed by atoms with E-state index in [1.807, 2.05) is 6.92 Å². The lowest BCUT2D eigenvalue weighted by Gasteiger charge is -2.48. The molecule has 3 aliphatic carbocycles. The fourth-order valence-electron chi connectivity index (χ4n) is 6.96. The second kappa shape index (κ2) is 10.5. The van der Waals surface area contributed by atoms with Gasteiger partial charge in [-0.2, -0.15) is 74.6 Å². The normalized spacial score (nSPS) is 27.1. The van der Waals surface area contributed by atoms with E-state index < -0.39 is 64.7 Å². The molecule has 0 spiro atoms. The van der Waals surface area contributed by atoms with Gasteiger partial charge in [0.25, 0.3) is 0 Å². The second-order valence-electron chi connectivity index (χ2n) is 12.2. The largest absolute Gasteiger partial charge is 0.460 e. The van der Waals surface area contributed by atoms with Gasteiger partial charge < -0.3 is 0 Å². The molecular formula is C28H23F17O. The Morgan fingerprint density at radius 3 is 1.74 bits per heavy atom. The van der Waals surface area contributed by atoms with Crippen molar-refractivity contribution in [3.05, 3.63) is 41.0 Å². The van der Waals surface area contributed by atoms with E-state index in [-0.39, 0.29) is 29.6 Å². The first kappa shape index (κ1) is 36.3. The average molecular weight is 698 g/mol. The van der Waals surface area contributed by atoms with E-state index in [0.717, 1.165) is 11.6 Å². The zero-order chi connectivity index (χ0) is 35.3. The number of ketones is 1. The molecule has 0 N–H and O–H groups in total. The quantitative estimate of drug-likeness (QED) is 0.247. The van der Waals surface area contributed by atoms with Crippen LogP contribution in [0.4, 0.5) is 74.6 Å². The Morgan fingerprint density at radius 1 is 0.674 bits per heavy atom. The lowest BCUT2D eigenvalue weighted by Crippen LogP contribution is -2.74. The summed E-state index contributed by atoms with van der Waals surface area (Å²) in [5.41, 5.74) is 0.351. The predicted molar refractivity (Wildman–Crippen MR) is 126 cm³/mol. The monoisotopic (exact) mass is 698 g/mol. The molecule has 0 radical (unpaired) electrons. The van der Waals surface area contributed by atoms with Crippen molar-refractivity contribution in [2.24, 2.45) is 17.3 Å². The fraction of sp³-hybridized carbons (Fsp3) is 0.679. The van der Waals surface area contributed by atoms with Crippen molar-refractivity contribution >= 4 is 11.9 Å². The molecule has 0 heterocycles. The van der Waals surface area contributed by atoms with Crippen molar-refractivity contribution in [2.45, 2.75) is 99.0 Å². The van der Waals surface area contributed by atoms with E-state index >= 15 is 0 Å². The van der Waals surface area contributed by atoms with Gasteiger partial charge in [-0.3, -0.25) is 4.79 Å². The molecule has 18 heteroatoms. The number of hydrogen-bond acceptors (Lipinski definition) is 1. The Bertz CT molecular complexity index is 1390. The van der Waals surface area contributed by atoms with Gasteiger partial charge in [0.15, 0.2) is 0 Å². The molecule has 4 rings (SSSR count). The highest BCUT2D eigenvalue weighted by atomic mass is 19.4. The van der Waals surface area contributed by atoms with Gasteiger partial charge in [0, 0.05) is 11.8 Å². The molecule has 2 fully saturated rings. The second-order valence-corrected chi connectivity index (χ2v) is 12.2. The molecule has 0 aromatic heterocycles. The van der Waals surface area contributed by atoms with Crippen LogP contribution >= 0.6 is 0 Å². The maximum absolute atomic E-state index is 14.3. The first-order chi connectivity index (χ1) is 20.5. The molecule has 260 valence electrons. The minimum Gasteiger partial charge on any atom is -0.299 e. The number of alkyl halides is 17. The Kier molecular flexibility index (Phi) is 8.26. The summed E-state index contributed by atoms with van der Waals surface area (Å²) in [5.74, 6) is -56.4. The smallest absolute Gasteiger partial charge is 0.299 e. The molecule has 0 aliphatic heterocycles. The lowest BCUT2D eigenvalue weighted by atomic mass is 9.55. The lowest BCUT2D eigenvalue weighted by molar-refractivity contribution is -0.459. The van der Waals surface area contributed by atoms with Crippen LogP contribution in [0.5, 0.6) is 0 Å². The molecule has 1 aromatic carbocycles. The Hall–Kier alpha value is -2.56. The molecule has 46 heavy (non-hydrogen) atoms. The van der Waals surface area contributed by atoms with Crippen LogP contribution in [-0.2, 0) is 11.2 Å². The molecule has 2 saturated carbocycles. The molecule has 4 atom stereocenters. The van der Waals surface area contributed by atoms with Crippen LogP contribution in [0.25, 0.3) is 6.08 Å². The molecule has 1 nitrogen and oxygen atoms in total. The Balaban J connectivity index is 1.61. The summed E-state index contributed by atoms with van der Waals surface area (Å²) in [6.07, 6.45) is -5.83. The van der Waals surface area contributed by atoms with Crippen molar-refractivity contribution < 1.29 is 79.4 Å². The Morgan fingerprint density at radius 2 is 1.20 bits per heavy atom. The third kappa shape index (κ3) is 4.75. The van der Waals surface area contributed by atoms with Gasteiger partial charge >= 0.3 is 47.6 Å². The zero-order valence-corrected chi connectivity index (χ0v) is 23.2. The van der Waals surface area contributed by atoms with Gasteiger partial charge in [-0.1, -0.05) is 31.2 Å². The van der Waals surface area contributed by atoms with E-state index in [2.05, 4.69) is 0 Å². The molecule has 0 saturated heterocycles. The minimum atomic E-state index is -8.65. The number of carbonyl (C=O) groups excluding carboxylic acids is 1. The summed E-state index contributed by atoms with van der Waals surface area (Å²) in [4.78, 5) is 12.5. The van der Waals surface area contributed by atoms with E-state index in [1.54, 1.807) is 0 Å². The number of hydrogen-bond donors (Lipinski definition) is 0. The highest BCUT2D eigenvalue weighted by Gasteiger charge is 2.95. The number of halogens is 17. The van der Waals surface area contributed by atoms with E-state index in [4.69, 9.17) is 0 Å². The van der Waals surface area contributed by atoms with Gasteiger partial charge in [-0.05, 0) is 72.6 Å². The summed E-state index contributed by atoms with van der Waals surface area (Å²) in [6.45, 7) is 1.90. The van der Waals surface area contributed by atoms with E-state index in [9.17, 15) is 79.4 Å². The first-order valence-corrected chi connectivity index (χ1v) is 13.6. The van der Waals surface area contributed by atoms with Crippen LogP contribution in [-0.4, -0.2) is 53.4 Å².